The summed E-state index contributed by atoms with van der Waals surface area (Å²) in [5.41, 5.74) is 1.50. The van der Waals surface area contributed by atoms with Gasteiger partial charge in [-0.1, -0.05) is 65.5 Å². The lowest BCUT2D eigenvalue weighted by Crippen LogP contribution is -2.48. The molecular formula is C21H22Cl4N2O2S. The van der Waals surface area contributed by atoms with E-state index >= 15 is 0 Å². The van der Waals surface area contributed by atoms with E-state index in [0.717, 1.165) is 5.56 Å². The number of carbonyl (C=O) groups excluding carboxylic acids is 2. The number of benzene rings is 2. The van der Waals surface area contributed by atoms with Crippen molar-refractivity contribution >= 4 is 70.0 Å². The zero-order valence-corrected chi connectivity index (χ0v) is 20.4. The Morgan fingerprint density at radius 1 is 1.07 bits per heavy atom. The molecule has 0 heterocycles. The molecule has 0 unspecified atom stereocenters. The van der Waals surface area contributed by atoms with E-state index in [9.17, 15) is 9.59 Å². The maximum Gasteiger partial charge on any atom is 0.242 e. The van der Waals surface area contributed by atoms with Crippen LogP contribution in [0.5, 0.6) is 0 Å². The highest BCUT2D eigenvalue weighted by atomic mass is 35.5. The third kappa shape index (κ3) is 6.69. The molecule has 0 bridgehead atoms. The van der Waals surface area contributed by atoms with Gasteiger partial charge in [-0.3, -0.25) is 9.59 Å². The molecule has 1 N–H and O–H groups in total. The van der Waals surface area contributed by atoms with Crippen molar-refractivity contribution in [2.45, 2.75) is 31.7 Å². The molecule has 2 rings (SSSR count). The van der Waals surface area contributed by atoms with Gasteiger partial charge in [0.15, 0.2) is 0 Å². The van der Waals surface area contributed by atoms with Crippen LogP contribution >= 0.6 is 58.2 Å². The van der Waals surface area contributed by atoms with Crippen molar-refractivity contribution in [1.82, 2.24) is 10.2 Å². The quantitative estimate of drug-likeness (QED) is 0.447. The molecule has 0 aromatic heterocycles. The molecule has 0 spiro atoms. The molecule has 2 aromatic rings. The zero-order chi connectivity index (χ0) is 22.3. The molecule has 0 radical (unpaired) electrons. The number of hydrogen-bond donors (Lipinski definition) is 1. The van der Waals surface area contributed by atoms with E-state index in [-0.39, 0.29) is 24.1 Å². The van der Waals surface area contributed by atoms with E-state index in [1.165, 1.54) is 16.7 Å². The molecule has 0 aliphatic heterocycles. The highest BCUT2D eigenvalue weighted by Crippen LogP contribution is 2.28. The minimum absolute atomic E-state index is 0.144. The number of likely N-dealkylation sites (N-methyl/N-ethyl adjacent to an activating group) is 1. The van der Waals surface area contributed by atoms with Crippen molar-refractivity contribution in [2.75, 3.05) is 12.8 Å². The largest absolute Gasteiger partial charge is 0.357 e. The zero-order valence-electron chi connectivity index (χ0n) is 16.6. The van der Waals surface area contributed by atoms with E-state index in [4.69, 9.17) is 46.4 Å². The second-order valence-corrected chi connectivity index (χ2v) is 9.13. The molecule has 9 heteroatoms. The summed E-state index contributed by atoms with van der Waals surface area (Å²) in [6.45, 7) is 2.00. The van der Waals surface area contributed by atoms with Crippen LogP contribution in [0.4, 0.5) is 0 Å². The summed E-state index contributed by atoms with van der Waals surface area (Å²) in [5, 5.41) is 4.64. The summed E-state index contributed by atoms with van der Waals surface area (Å²) >= 11 is 26.1. The molecule has 0 aliphatic carbocycles. The van der Waals surface area contributed by atoms with E-state index < -0.39 is 6.04 Å². The van der Waals surface area contributed by atoms with Crippen LogP contribution in [0.15, 0.2) is 36.4 Å². The average Bonchev–Trinajstić information content (AvgIpc) is 2.71. The van der Waals surface area contributed by atoms with E-state index in [1.807, 2.05) is 13.0 Å². The third-order valence-corrected chi connectivity index (χ3v) is 6.78. The minimum atomic E-state index is -0.630. The smallest absolute Gasteiger partial charge is 0.242 e. The Morgan fingerprint density at radius 3 is 2.30 bits per heavy atom. The van der Waals surface area contributed by atoms with Crippen LogP contribution in [-0.2, 0) is 21.9 Å². The molecular weight excluding hydrogens is 486 g/mol. The van der Waals surface area contributed by atoms with Gasteiger partial charge in [0.1, 0.15) is 6.04 Å². The van der Waals surface area contributed by atoms with Crippen LogP contribution in [0.25, 0.3) is 0 Å². The molecule has 1 atom stereocenters. The maximum atomic E-state index is 13.1. The molecule has 0 aliphatic rings. The van der Waals surface area contributed by atoms with Crippen molar-refractivity contribution in [2.24, 2.45) is 0 Å². The minimum Gasteiger partial charge on any atom is -0.357 e. The maximum absolute atomic E-state index is 13.1. The van der Waals surface area contributed by atoms with E-state index in [2.05, 4.69) is 5.32 Å². The fourth-order valence-electron chi connectivity index (χ4n) is 2.91. The van der Waals surface area contributed by atoms with Gasteiger partial charge in [-0.25, -0.2) is 0 Å². The average molecular weight is 508 g/mol. The molecule has 0 saturated carbocycles. The molecule has 2 amide bonds. The number of nitrogens with zero attached hydrogens (tertiary/aromatic N) is 1. The Balaban J connectivity index is 2.18. The molecule has 2 aromatic carbocycles. The third-order valence-electron chi connectivity index (χ3n) is 4.52. The Labute approximate surface area is 201 Å². The van der Waals surface area contributed by atoms with Crippen LogP contribution in [0.3, 0.4) is 0 Å². The number of nitrogens with one attached hydrogen (secondary N) is 1. The van der Waals surface area contributed by atoms with Gasteiger partial charge in [-0.2, -0.15) is 0 Å². The van der Waals surface area contributed by atoms with Crippen molar-refractivity contribution in [1.29, 1.82) is 0 Å². The second kappa shape index (κ2) is 12.1. The standard InChI is InChI=1S/C21H22Cl4N2O2S/c1-3-19(21(29)26-2)27(10-15-16(23)5-4-6-17(15)24)20(28)12-30-11-13-7-8-14(22)9-18(13)25/h4-9,19H,3,10-12H2,1-2H3,(H,26,29)/t19-/m0/s1. The Bertz CT molecular complexity index is 890. The summed E-state index contributed by atoms with van der Waals surface area (Å²) in [4.78, 5) is 27.0. The lowest BCUT2D eigenvalue weighted by Gasteiger charge is -2.30. The first-order chi connectivity index (χ1) is 14.3. The molecule has 162 valence electrons. The number of halogens is 4. The lowest BCUT2D eigenvalue weighted by molar-refractivity contribution is -0.139. The van der Waals surface area contributed by atoms with Gasteiger partial charge in [0.05, 0.1) is 5.75 Å². The van der Waals surface area contributed by atoms with Crippen molar-refractivity contribution in [3.8, 4) is 0 Å². The van der Waals surface area contributed by atoms with Crippen molar-refractivity contribution in [3.05, 3.63) is 67.6 Å². The second-order valence-electron chi connectivity index (χ2n) is 6.49. The van der Waals surface area contributed by atoms with Crippen LogP contribution in [0.1, 0.15) is 24.5 Å². The number of carbonyl (C=O) groups is 2. The highest BCUT2D eigenvalue weighted by Gasteiger charge is 2.29. The lowest BCUT2D eigenvalue weighted by atomic mass is 10.1. The number of amides is 2. The van der Waals surface area contributed by atoms with Gasteiger partial charge in [0.2, 0.25) is 11.8 Å². The Morgan fingerprint density at radius 2 is 1.73 bits per heavy atom. The first-order valence-corrected chi connectivity index (χ1v) is 11.9. The Hall–Kier alpha value is -1.11. The summed E-state index contributed by atoms with van der Waals surface area (Å²) in [5.74, 6) is 0.296. The van der Waals surface area contributed by atoms with Crippen molar-refractivity contribution in [3.63, 3.8) is 0 Å². The number of thioether (sulfide) groups is 1. The van der Waals surface area contributed by atoms with Gasteiger partial charge in [0, 0.05) is 45.0 Å². The van der Waals surface area contributed by atoms with Gasteiger partial charge in [-0.15, -0.1) is 11.8 Å². The molecule has 0 saturated heterocycles. The summed E-state index contributed by atoms with van der Waals surface area (Å²) in [7, 11) is 1.55. The molecule has 0 fully saturated rings. The highest BCUT2D eigenvalue weighted by molar-refractivity contribution is 7.99. The van der Waals surface area contributed by atoms with Gasteiger partial charge >= 0.3 is 0 Å². The van der Waals surface area contributed by atoms with E-state index in [0.29, 0.717) is 37.8 Å². The van der Waals surface area contributed by atoms with Gasteiger partial charge < -0.3 is 10.2 Å². The summed E-state index contributed by atoms with van der Waals surface area (Å²) < 4.78 is 0. The SMILES string of the molecule is CC[C@@H](C(=O)NC)N(Cc1c(Cl)cccc1Cl)C(=O)CSCc1ccc(Cl)cc1Cl. The fourth-order valence-corrected chi connectivity index (χ4v) is 4.90. The monoisotopic (exact) mass is 506 g/mol. The van der Waals surface area contributed by atoms with Crippen LogP contribution in [-0.4, -0.2) is 35.6 Å². The fraction of sp³-hybridized carbons (Fsp3) is 0.333. The molecule has 4 nitrogen and oxygen atoms in total. The van der Waals surface area contributed by atoms with Gasteiger partial charge in [-0.05, 0) is 36.2 Å². The molecule has 30 heavy (non-hydrogen) atoms. The van der Waals surface area contributed by atoms with E-state index in [1.54, 1.807) is 37.4 Å². The van der Waals surface area contributed by atoms with Gasteiger partial charge in [0.25, 0.3) is 0 Å². The van der Waals surface area contributed by atoms with Crippen LogP contribution in [0.2, 0.25) is 20.1 Å². The Kier molecular flexibility index (Phi) is 10.1. The predicted octanol–water partition coefficient (Wildman–Crippen LogP) is 6.09. The summed E-state index contributed by atoms with van der Waals surface area (Å²) in [6, 6.07) is 9.80. The van der Waals surface area contributed by atoms with Crippen molar-refractivity contribution < 1.29 is 9.59 Å². The predicted molar refractivity (Wildman–Crippen MR) is 128 cm³/mol. The normalized spacial score (nSPS) is 11.8. The first-order valence-electron chi connectivity index (χ1n) is 9.24. The van der Waals surface area contributed by atoms with Crippen LogP contribution in [0, 0.1) is 0 Å². The first kappa shape index (κ1) is 25.2. The summed E-state index contributed by atoms with van der Waals surface area (Å²) in [6.07, 6.45) is 0.459. The number of rotatable bonds is 9. The number of hydrogen-bond acceptors (Lipinski definition) is 3. The van der Waals surface area contributed by atoms with Crippen LogP contribution < -0.4 is 5.32 Å². The topological polar surface area (TPSA) is 49.4 Å².